The molecule has 7 heteroatoms. The molecule has 0 unspecified atom stereocenters. The zero-order valence-corrected chi connectivity index (χ0v) is 16.4. The summed E-state index contributed by atoms with van der Waals surface area (Å²) in [6.07, 6.45) is 0. The average molecular weight is 375 g/mol. The van der Waals surface area contributed by atoms with Gasteiger partial charge >= 0.3 is 0 Å². The summed E-state index contributed by atoms with van der Waals surface area (Å²) in [6.45, 7) is 8.81. The van der Waals surface area contributed by atoms with Crippen LogP contribution in [0.5, 0.6) is 5.75 Å². The van der Waals surface area contributed by atoms with Gasteiger partial charge in [0.1, 0.15) is 23.1 Å². The van der Waals surface area contributed by atoms with Gasteiger partial charge in [-0.1, -0.05) is 26.0 Å². The number of carbonyl (C=O) groups excluding carboxylic acids is 2. The molecule has 0 fully saturated rings. The molecule has 0 saturated heterocycles. The number of amides is 2. The van der Waals surface area contributed by atoms with Crippen LogP contribution in [0.4, 0.5) is 0 Å². The molecular formula is C19H25N3O3S. The lowest BCUT2D eigenvalue weighted by Gasteiger charge is -2.14. The van der Waals surface area contributed by atoms with E-state index in [0.717, 1.165) is 21.9 Å². The zero-order chi connectivity index (χ0) is 19.1. The summed E-state index contributed by atoms with van der Waals surface area (Å²) < 4.78 is 5.95. The fourth-order valence-corrected chi connectivity index (χ4v) is 3.06. The highest BCUT2D eigenvalue weighted by Gasteiger charge is 2.12. The van der Waals surface area contributed by atoms with E-state index < -0.39 is 0 Å². The van der Waals surface area contributed by atoms with Crippen LogP contribution in [0.3, 0.4) is 0 Å². The molecule has 0 aliphatic heterocycles. The number of hydrogen-bond acceptors (Lipinski definition) is 5. The van der Waals surface area contributed by atoms with E-state index in [9.17, 15) is 9.59 Å². The van der Waals surface area contributed by atoms with E-state index in [-0.39, 0.29) is 11.8 Å². The molecule has 0 aliphatic carbocycles. The van der Waals surface area contributed by atoms with E-state index in [1.54, 1.807) is 5.38 Å². The molecule has 0 saturated carbocycles. The van der Waals surface area contributed by atoms with Gasteiger partial charge in [-0.25, -0.2) is 4.98 Å². The maximum atomic E-state index is 12.0. The largest absolute Gasteiger partial charge is 0.486 e. The lowest BCUT2D eigenvalue weighted by molar-refractivity contribution is -0.118. The third kappa shape index (κ3) is 5.84. The Bertz CT molecular complexity index is 771. The number of aryl methyl sites for hydroxylation is 1. The average Bonchev–Trinajstić information content (AvgIpc) is 3.05. The molecule has 0 spiro atoms. The molecule has 0 aliphatic rings. The molecule has 0 radical (unpaired) electrons. The van der Waals surface area contributed by atoms with Crippen molar-refractivity contribution in [2.75, 3.05) is 13.1 Å². The quantitative estimate of drug-likeness (QED) is 0.695. The van der Waals surface area contributed by atoms with Gasteiger partial charge in [0.25, 0.3) is 5.91 Å². The van der Waals surface area contributed by atoms with Gasteiger partial charge in [-0.3, -0.25) is 9.59 Å². The second kappa shape index (κ2) is 9.33. The Balaban J connectivity index is 1.91. The molecular weight excluding hydrogens is 350 g/mol. The first-order valence-corrected chi connectivity index (χ1v) is 9.45. The number of hydrogen-bond donors (Lipinski definition) is 2. The minimum absolute atomic E-state index is 0.121. The lowest BCUT2D eigenvalue weighted by atomic mass is 10.0. The highest BCUT2D eigenvalue weighted by Crippen LogP contribution is 2.28. The Kier molecular flexibility index (Phi) is 7.15. The molecule has 1 heterocycles. The van der Waals surface area contributed by atoms with Crippen LogP contribution in [0.2, 0.25) is 0 Å². The third-order valence-corrected chi connectivity index (χ3v) is 4.53. The molecule has 0 atom stereocenters. The standard InChI is InChI=1S/C19H25N3O3S/c1-12(2)15-6-5-13(3)9-17(15)25-10-18-22-16(11-26-18)19(24)21-8-7-20-14(4)23/h5-6,9,11-12H,7-8,10H2,1-4H3,(H,20,23)(H,21,24). The van der Waals surface area contributed by atoms with Crippen LogP contribution in [-0.2, 0) is 11.4 Å². The topological polar surface area (TPSA) is 80.3 Å². The maximum absolute atomic E-state index is 12.0. The SMILES string of the molecule is CC(=O)NCCNC(=O)c1csc(COc2cc(C)ccc2C(C)C)n1. The van der Waals surface area contributed by atoms with Gasteiger partial charge in [0.05, 0.1) is 0 Å². The first-order valence-electron chi connectivity index (χ1n) is 8.57. The van der Waals surface area contributed by atoms with Crippen molar-refractivity contribution in [2.24, 2.45) is 0 Å². The van der Waals surface area contributed by atoms with E-state index in [1.807, 2.05) is 13.0 Å². The summed E-state index contributed by atoms with van der Waals surface area (Å²) >= 11 is 1.39. The van der Waals surface area contributed by atoms with Crippen LogP contribution >= 0.6 is 11.3 Å². The third-order valence-electron chi connectivity index (χ3n) is 3.71. The predicted molar refractivity (Wildman–Crippen MR) is 103 cm³/mol. The smallest absolute Gasteiger partial charge is 0.270 e. The molecule has 2 aromatic rings. The van der Waals surface area contributed by atoms with Crippen LogP contribution in [0.1, 0.15) is 53.3 Å². The second-order valence-electron chi connectivity index (χ2n) is 6.35. The summed E-state index contributed by atoms with van der Waals surface area (Å²) in [5, 5.41) is 7.80. The van der Waals surface area contributed by atoms with Gasteiger partial charge in [0.2, 0.25) is 5.91 Å². The number of ether oxygens (including phenoxy) is 1. The van der Waals surface area contributed by atoms with E-state index in [4.69, 9.17) is 4.74 Å². The van der Waals surface area contributed by atoms with Gasteiger partial charge in [0.15, 0.2) is 0 Å². The molecule has 2 amide bonds. The number of rotatable bonds is 8. The first kappa shape index (κ1) is 19.9. The van der Waals surface area contributed by atoms with Crippen LogP contribution in [-0.4, -0.2) is 29.9 Å². The Labute approximate surface area is 158 Å². The van der Waals surface area contributed by atoms with E-state index >= 15 is 0 Å². The predicted octanol–water partition coefficient (Wildman–Crippen LogP) is 3.02. The highest BCUT2D eigenvalue weighted by atomic mass is 32.1. The number of carbonyl (C=O) groups is 2. The molecule has 26 heavy (non-hydrogen) atoms. The zero-order valence-electron chi connectivity index (χ0n) is 15.6. The van der Waals surface area contributed by atoms with Crippen molar-refractivity contribution in [1.29, 1.82) is 0 Å². The molecule has 1 aromatic heterocycles. The molecule has 0 bridgehead atoms. The van der Waals surface area contributed by atoms with E-state index in [1.165, 1.54) is 18.3 Å². The van der Waals surface area contributed by atoms with Crippen molar-refractivity contribution in [3.05, 3.63) is 45.4 Å². The first-order chi connectivity index (χ1) is 12.4. The van der Waals surface area contributed by atoms with Crippen molar-refractivity contribution >= 4 is 23.2 Å². The minimum Gasteiger partial charge on any atom is -0.486 e. The summed E-state index contributed by atoms with van der Waals surface area (Å²) in [4.78, 5) is 27.2. The molecule has 2 rings (SSSR count). The van der Waals surface area contributed by atoms with Crippen molar-refractivity contribution in [1.82, 2.24) is 15.6 Å². The van der Waals surface area contributed by atoms with E-state index in [0.29, 0.717) is 31.3 Å². The van der Waals surface area contributed by atoms with Crippen LogP contribution in [0, 0.1) is 6.92 Å². The number of nitrogens with zero attached hydrogens (tertiary/aromatic N) is 1. The van der Waals surface area contributed by atoms with Gasteiger partial charge in [-0.2, -0.15) is 0 Å². The molecule has 6 nitrogen and oxygen atoms in total. The Hall–Kier alpha value is -2.41. The van der Waals surface area contributed by atoms with Crippen LogP contribution in [0.15, 0.2) is 23.6 Å². The molecule has 140 valence electrons. The minimum atomic E-state index is -0.253. The van der Waals surface area contributed by atoms with E-state index in [2.05, 4.69) is 41.6 Å². The Morgan fingerprint density at radius 1 is 1.23 bits per heavy atom. The summed E-state index contributed by atoms with van der Waals surface area (Å²) in [6, 6.07) is 6.19. The summed E-state index contributed by atoms with van der Waals surface area (Å²) in [5.74, 6) is 0.851. The molecule has 2 N–H and O–H groups in total. The summed E-state index contributed by atoms with van der Waals surface area (Å²) in [7, 11) is 0. The number of nitrogens with one attached hydrogen (secondary N) is 2. The Morgan fingerprint density at radius 2 is 1.96 bits per heavy atom. The highest BCUT2D eigenvalue weighted by molar-refractivity contribution is 7.09. The van der Waals surface area contributed by atoms with Gasteiger partial charge < -0.3 is 15.4 Å². The maximum Gasteiger partial charge on any atom is 0.270 e. The normalized spacial score (nSPS) is 10.7. The van der Waals surface area contributed by atoms with Crippen molar-refractivity contribution in [2.45, 2.75) is 40.2 Å². The van der Waals surface area contributed by atoms with Crippen LogP contribution in [0.25, 0.3) is 0 Å². The Morgan fingerprint density at radius 3 is 2.65 bits per heavy atom. The fourth-order valence-electron chi connectivity index (χ4n) is 2.37. The van der Waals surface area contributed by atoms with Crippen molar-refractivity contribution in [3.63, 3.8) is 0 Å². The summed E-state index contributed by atoms with van der Waals surface area (Å²) in [5.41, 5.74) is 2.66. The van der Waals surface area contributed by atoms with Crippen molar-refractivity contribution < 1.29 is 14.3 Å². The van der Waals surface area contributed by atoms with Gasteiger partial charge in [-0.05, 0) is 30.0 Å². The number of benzene rings is 1. The lowest BCUT2D eigenvalue weighted by Crippen LogP contribution is -2.33. The monoisotopic (exact) mass is 375 g/mol. The molecule has 1 aromatic carbocycles. The van der Waals surface area contributed by atoms with Crippen LogP contribution < -0.4 is 15.4 Å². The van der Waals surface area contributed by atoms with Gasteiger partial charge in [-0.15, -0.1) is 11.3 Å². The van der Waals surface area contributed by atoms with Gasteiger partial charge in [0, 0.05) is 25.4 Å². The second-order valence-corrected chi connectivity index (χ2v) is 7.29. The number of aromatic nitrogens is 1. The van der Waals surface area contributed by atoms with Crippen molar-refractivity contribution in [3.8, 4) is 5.75 Å². The number of thiazole rings is 1. The fraction of sp³-hybridized carbons (Fsp3) is 0.421.